The smallest absolute Gasteiger partial charge is 0.262 e. The average molecular weight is 501 g/mol. The molecule has 2 atom stereocenters. The minimum atomic E-state index is -0.642. The van der Waals surface area contributed by atoms with E-state index < -0.39 is 5.25 Å². The molecule has 2 aliphatic heterocycles. The summed E-state index contributed by atoms with van der Waals surface area (Å²) < 4.78 is 13.5. The van der Waals surface area contributed by atoms with Gasteiger partial charge in [0.2, 0.25) is 5.91 Å². The average Bonchev–Trinajstić information content (AvgIpc) is 3.46. The lowest BCUT2D eigenvalue weighted by Gasteiger charge is -2.23. The summed E-state index contributed by atoms with van der Waals surface area (Å²) in [6, 6.07) is 22.5. The zero-order chi connectivity index (χ0) is 25.2. The molecule has 2 amide bonds. The van der Waals surface area contributed by atoms with Crippen molar-refractivity contribution in [3.63, 3.8) is 0 Å². The monoisotopic (exact) mass is 500 g/mol. The lowest BCUT2D eigenvalue weighted by molar-refractivity contribution is -0.121. The minimum absolute atomic E-state index is 0.0364. The van der Waals surface area contributed by atoms with Crippen molar-refractivity contribution < 1.29 is 14.0 Å². The highest BCUT2D eigenvalue weighted by Crippen LogP contribution is 2.38. The zero-order valence-electron chi connectivity index (χ0n) is 19.9. The first-order valence-electron chi connectivity index (χ1n) is 11.7. The number of amidine groups is 1. The van der Waals surface area contributed by atoms with Gasteiger partial charge in [0, 0.05) is 18.5 Å². The number of hydrogen-bond donors (Lipinski definition) is 1. The first-order valence-corrected chi connectivity index (χ1v) is 12.6. The van der Waals surface area contributed by atoms with E-state index in [4.69, 9.17) is 5.10 Å². The number of nitrogens with zero attached hydrogens (tertiary/aromatic N) is 3. The van der Waals surface area contributed by atoms with E-state index in [-0.39, 0.29) is 30.1 Å². The maximum atomic E-state index is 13.5. The number of halogens is 1. The van der Waals surface area contributed by atoms with Gasteiger partial charge < -0.3 is 5.32 Å². The van der Waals surface area contributed by atoms with E-state index in [0.717, 1.165) is 16.8 Å². The number of carbonyl (C=O) groups is 2. The quantitative estimate of drug-likeness (QED) is 0.493. The Bertz CT molecular complexity index is 1370. The van der Waals surface area contributed by atoms with E-state index in [1.165, 1.54) is 29.5 Å². The number of anilines is 1. The van der Waals surface area contributed by atoms with Crippen molar-refractivity contribution in [3.05, 3.63) is 101 Å². The summed E-state index contributed by atoms with van der Waals surface area (Å²) in [5, 5.41) is 9.28. The summed E-state index contributed by atoms with van der Waals surface area (Å²) in [5.74, 6) is -1.02. The Hall–Kier alpha value is -3.78. The van der Waals surface area contributed by atoms with E-state index in [9.17, 15) is 14.0 Å². The molecule has 0 saturated carbocycles. The Labute approximate surface area is 213 Å². The molecular formula is C28H25FN4O2S. The lowest BCUT2D eigenvalue weighted by Crippen LogP contribution is -2.25. The Balaban J connectivity index is 1.33. The third-order valence-electron chi connectivity index (χ3n) is 6.22. The molecule has 182 valence electrons. The first kappa shape index (κ1) is 23.9. The predicted octanol–water partition coefficient (Wildman–Crippen LogP) is 5.62. The van der Waals surface area contributed by atoms with Crippen LogP contribution in [0.3, 0.4) is 0 Å². The van der Waals surface area contributed by atoms with Gasteiger partial charge >= 0.3 is 0 Å². The van der Waals surface area contributed by atoms with Crippen molar-refractivity contribution in [3.8, 4) is 0 Å². The number of aryl methyl sites for hydroxylation is 2. The highest BCUT2D eigenvalue weighted by Gasteiger charge is 2.39. The molecule has 3 aromatic carbocycles. The van der Waals surface area contributed by atoms with Crippen LogP contribution in [0.25, 0.3) is 0 Å². The molecule has 0 fully saturated rings. The number of thioether (sulfide) groups is 1. The Morgan fingerprint density at radius 3 is 2.56 bits per heavy atom. The molecule has 2 unspecified atom stereocenters. The van der Waals surface area contributed by atoms with Gasteiger partial charge in [-0.15, -0.1) is 0 Å². The predicted molar refractivity (Wildman–Crippen MR) is 142 cm³/mol. The van der Waals surface area contributed by atoms with Gasteiger partial charge in [-0.25, -0.2) is 9.40 Å². The van der Waals surface area contributed by atoms with Crippen molar-refractivity contribution in [2.24, 2.45) is 10.1 Å². The molecule has 0 aliphatic carbocycles. The van der Waals surface area contributed by atoms with E-state index in [1.54, 1.807) is 13.0 Å². The SMILES string of the molecule is Cc1ccc(C2=NN(C3=NC(=O)C(CC(=O)Nc4ccc(F)c(C)c4)S3)C(c3ccccc3)C2)cc1. The second-order valence-corrected chi connectivity index (χ2v) is 10.1. The standard InChI is InChI=1S/C28H25FN4O2S/c1-17-8-10-19(11-9-17)23-15-24(20-6-4-3-5-7-20)33(32-23)28-31-27(35)25(36-28)16-26(34)30-21-12-13-22(29)18(2)14-21/h3-14,24-25H,15-16H2,1-2H3,(H,30,34). The van der Waals surface area contributed by atoms with E-state index in [0.29, 0.717) is 22.8 Å². The molecule has 2 heterocycles. The molecule has 2 aliphatic rings. The zero-order valence-corrected chi connectivity index (χ0v) is 20.8. The van der Waals surface area contributed by atoms with Crippen molar-refractivity contribution in [2.45, 2.75) is 38.0 Å². The maximum Gasteiger partial charge on any atom is 0.262 e. The normalized spacial score (nSPS) is 19.3. The molecule has 3 aromatic rings. The molecular weight excluding hydrogens is 475 g/mol. The summed E-state index contributed by atoms with van der Waals surface area (Å²) in [6.07, 6.45) is 0.640. The van der Waals surface area contributed by atoms with Crippen LogP contribution in [0.15, 0.2) is 82.9 Å². The second kappa shape index (κ2) is 10.1. The summed E-state index contributed by atoms with van der Waals surface area (Å²) >= 11 is 1.26. The highest BCUT2D eigenvalue weighted by atomic mass is 32.2. The van der Waals surface area contributed by atoms with Crippen LogP contribution in [0.2, 0.25) is 0 Å². The lowest BCUT2D eigenvalue weighted by atomic mass is 9.98. The first-order chi connectivity index (χ1) is 17.4. The molecule has 0 spiro atoms. The van der Waals surface area contributed by atoms with Crippen LogP contribution in [-0.4, -0.2) is 33.0 Å². The molecule has 0 aromatic heterocycles. The van der Waals surface area contributed by atoms with Gasteiger partial charge in [-0.05, 0) is 48.7 Å². The number of hydrazone groups is 1. The Morgan fingerprint density at radius 1 is 1.08 bits per heavy atom. The third kappa shape index (κ3) is 5.09. The number of hydrogen-bond acceptors (Lipinski definition) is 5. The molecule has 36 heavy (non-hydrogen) atoms. The second-order valence-electron chi connectivity index (χ2n) is 8.94. The van der Waals surface area contributed by atoms with Crippen molar-refractivity contribution in [1.29, 1.82) is 0 Å². The number of benzene rings is 3. The van der Waals surface area contributed by atoms with Gasteiger partial charge in [0.15, 0.2) is 5.17 Å². The van der Waals surface area contributed by atoms with Gasteiger partial charge in [-0.2, -0.15) is 10.1 Å². The molecule has 6 nitrogen and oxygen atoms in total. The van der Waals surface area contributed by atoms with E-state index >= 15 is 0 Å². The van der Waals surface area contributed by atoms with Crippen LogP contribution in [0.4, 0.5) is 10.1 Å². The van der Waals surface area contributed by atoms with Crippen LogP contribution >= 0.6 is 11.8 Å². The number of aliphatic imine (C=N–C) groups is 1. The Kier molecular flexibility index (Phi) is 6.69. The van der Waals surface area contributed by atoms with Crippen LogP contribution in [0, 0.1) is 19.7 Å². The fraction of sp³-hybridized carbons (Fsp3) is 0.214. The molecule has 0 saturated heterocycles. The maximum absolute atomic E-state index is 13.5. The van der Waals surface area contributed by atoms with E-state index in [2.05, 4.69) is 34.6 Å². The van der Waals surface area contributed by atoms with Gasteiger partial charge in [-0.1, -0.05) is 71.9 Å². The van der Waals surface area contributed by atoms with Gasteiger partial charge in [0.05, 0.1) is 11.8 Å². The van der Waals surface area contributed by atoms with Gasteiger partial charge in [-0.3, -0.25) is 9.59 Å². The van der Waals surface area contributed by atoms with Gasteiger partial charge in [0.1, 0.15) is 11.1 Å². The highest BCUT2D eigenvalue weighted by molar-refractivity contribution is 8.15. The van der Waals surface area contributed by atoms with E-state index in [1.807, 2.05) is 42.3 Å². The Morgan fingerprint density at radius 2 is 1.83 bits per heavy atom. The van der Waals surface area contributed by atoms with Crippen molar-refractivity contribution in [2.75, 3.05) is 5.32 Å². The van der Waals surface area contributed by atoms with Crippen molar-refractivity contribution >= 4 is 40.1 Å². The number of amides is 2. The summed E-state index contributed by atoms with van der Waals surface area (Å²) in [6.45, 7) is 3.67. The van der Waals surface area contributed by atoms with Crippen molar-refractivity contribution in [1.82, 2.24) is 5.01 Å². The minimum Gasteiger partial charge on any atom is -0.326 e. The number of nitrogens with one attached hydrogen (secondary N) is 1. The topological polar surface area (TPSA) is 74.1 Å². The summed E-state index contributed by atoms with van der Waals surface area (Å²) in [5.41, 5.74) is 5.13. The fourth-order valence-corrected chi connectivity index (χ4v) is 5.31. The molecule has 5 rings (SSSR count). The van der Waals surface area contributed by atoms with Crippen LogP contribution < -0.4 is 5.32 Å². The largest absolute Gasteiger partial charge is 0.326 e. The van der Waals surface area contributed by atoms with Crippen LogP contribution in [0.5, 0.6) is 0 Å². The molecule has 8 heteroatoms. The fourth-order valence-electron chi connectivity index (χ4n) is 4.25. The van der Waals surface area contributed by atoms with Crippen LogP contribution in [-0.2, 0) is 9.59 Å². The number of rotatable bonds is 5. The number of carbonyl (C=O) groups excluding carboxylic acids is 2. The molecule has 0 bridgehead atoms. The summed E-state index contributed by atoms with van der Waals surface area (Å²) in [7, 11) is 0. The van der Waals surface area contributed by atoms with Crippen LogP contribution in [0.1, 0.15) is 41.1 Å². The molecule has 0 radical (unpaired) electrons. The van der Waals surface area contributed by atoms with Gasteiger partial charge in [0.25, 0.3) is 5.91 Å². The summed E-state index contributed by atoms with van der Waals surface area (Å²) in [4.78, 5) is 29.7. The third-order valence-corrected chi connectivity index (χ3v) is 7.36. The molecule has 1 N–H and O–H groups in total.